The summed E-state index contributed by atoms with van der Waals surface area (Å²) >= 11 is 1.53. The molecule has 4 amide bonds. The first kappa shape index (κ1) is 21.7. The summed E-state index contributed by atoms with van der Waals surface area (Å²) in [7, 11) is 1.68. The molecule has 0 unspecified atom stereocenters. The van der Waals surface area contributed by atoms with Crippen LogP contribution in [-0.4, -0.2) is 51.8 Å². The molecule has 0 radical (unpaired) electrons. The van der Waals surface area contributed by atoms with Gasteiger partial charge in [0.15, 0.2) is 0 Å². The largest absolute Gasteiger partial charge is 0.339 e. The third-order valence-corrected chi connectivity index (χ3v) is 7.78. The Morgan fingerprint density at radius 3 is 2.59 bits per heavy atom. The smallest absolute Gasteiger partial charge is 0.325 e. The van der Waals surface area contributed by atoms with Gasteiger partial charge in [-0.25, -0.2) is 9.78 Å². The summed E-state index contributed by atoms with van der Waals surface area (Å²) in [5, 5.41) is 3.86. The fourth-order valence-corrected chi connectivity index (χ4v) is 5.24. The Bertz CT molecular complexity index is 796. The lowest BCUT2D eigenvalue weighted by atomic mass is 9.65. The first-order chi connectivity index (χ1) is 13.6. The molecule has 1 aromatic heterocycles. The highest BCUT2D eigenvalue weighted by molar-refractivity contribution is 7.11. The average Bonchev–Trinajstić information content (AvgIpc) is 3.18. The van der Waals surface area contributed by atoms with E-state index in [1.165, 1.54) is 11.3 Å². The second kappa shape index (κ2) is 8.05. The molecular weight excluding hydrogens is 388 g/mol. The van der Waals surface area contributed by atoms with Crippen molar-refractivity contribution in [2.24, 2.45) is 11.3 Å². The van der Waals surface area contributed by atoms with Crippen LogP contribution >= 0.6 is 11.3 Å². The van der Waals surface area contributed by atoms with Crippen LogP contribution < -0.4 is 5.32 Å². The van der Waals surface area contributed by atoms with Gasteiger partial charge in [-0.1, -0.05) is 27.2 Å². The molecule has 0 aromatic carbocycles. The third kappa shape index (κ3) is 4.32. The van der Waals surface area contributed by atoms with Crippen LogP contribution in [0.15, 0.2) is 6.20 Å². The van der Waals surface area contributed by atoms with Gasteiger partial charge in [-0.3, -0.25) is 14.5 Å². The van der Waals surface area contributed by atoms with Crippen LogP contribution in [0.5, 0.6) is 0 Å². The first-order valence-corrected chi connectivity index (χ1v) is 11.2. The number of nitrogens with zero attached hydrogens (tertiary/aromatic N) is 3. The number of aryl methyl sites for hydroxylation is 1. The molecule has 1 spiro atoms. The monoisotopic (exact) mass is 420 g/mol. The Balaban J connectivity index is 1.61. The van der Waals surface area contributed by atoms with E-state index >= 15 is 0 Å². The Hall–Kier alpha value is -1.96. The standard InChI is InChI=1S/C21H32N4O3S/c1-6-20(3,4)15-7-9-21(10-8-15)18(27)25(19(28)23-21)13-17(26)24(5)12-16-11-22-14(2)29-16/h11,15H,6-10,12-13H2,1-5H3,(H,23,28). The van der Waals surface area contributed by atoms with Gasteiger partial charge in [0, 0.05) is 18.1 Å². The van der Waals surface area contributed by atoms with Crippen molar-refractivity contribution in [1.82, 2.24) is 20.1 Å². The summed E-state index contributed by atoms with van der Waals surface area (Å²) in [5.74, 6) is 0.0514. The normalized spacial score (nSPS) is 24.9. The molecule has 1 aromatic rings. The molecule has 3 rings (SSSR count). The number of thiazole rings is 1. The van der Waals surface area contributed by atoms with Crippen LogP contribution in [0, 0.1) is 18.3 Å². The van der Waals surface area contributed by atoms with Crippen molar-refractivity contribution < 1.29 is 14.4 Å². The minimum absolute atomic E-state index is 0.218. The maximum atomic E-state index is 13.1. The van der Waals surface area contributed by atoms with E-state index in [2.05, 4.69) is 31.1 Å². The highest BCUT2D eigenvalue weighted by atomic mass is 32.1. The molecule has 2 aliphatic rings. The van der Waals surface area contributed by atoms with Crippen molar-refractivity contribution in [3.63, 3.8) is 0 Å². The maximum Gasteiger partial charge on any atom is 0.325 e. The van der Waals surface area contributed by atoms with Crippen LogP contribution in [-0.2, 0) is 16.1 Å². The lowest BCUT2D eigenvalue weighted by Gasteiger charge is -2.42. The van der Waals surface area contributed by atoms with Gasteiger partial charge in [0.05, 0.1) is 11.6 Å². The van der Waals surface area contributed by atoms with Gasteiger partial charge in [0.1, 0.15) is 12.1 Å². The van der Waals surface area contributed by atoms with E-state index in [1.54, 1.807) is 18.1 Å². The number of carbonyl (C=O) groups is 3. The molecule has 2 heterocycles. The molecule has 1 aliphatic heterocycles. The van der Waals surface area contributed by atoms with Crippen LogP contribution in [0.1, 0.15) is 62.8 Å². The second-order valence-electron chi connectivity index (χ2n) is 9.12. The zero-order valence-corrected chi connectivity index (χ0v) is 18.9. The zero-order chi connectivity index (χ0) is 21.4. The lowest BCUT2D eigenvalue weighted by molar-refractivity contribution is -0.139. The van der Waals surface area contributed by atoms with Gasteiger partial charge in [0.25, 0.3) is 5.91 Å². The van der Waals surface area contributed by atoms with E-state index in [-0.39, 0.29) is 23.8 Å². The summed E-state index contributed by atoms with van der Waals surface area (Å²) in [6.07, 6.45) is 5.97. The average molecular weight is 421 g/mol. The van der Waals surface area contributed by atoms with Crippen molar-refractivity contribution in [3.8, 4) is 0 Å². The zero-order valence-electron chi connectivity index (χ0n) is 18.1. The van der Waals surface area contributed by atoms with Crippen LogP contribution in [0.4, 0.5) is 4.79 Å². The van der Waals surface area contributed by atoms with E-state index in [0.29, 0.717) is 25.3 Å². The Morgan fingerprint density at radius 2 is 2.03 bits per heavy atom. The van der Waals surface area contributed by atoms with Crippen molar-refractivity contribution in [1.29, 1.82) is 0 Å². The molecule has 1 saturated heterocycles. The summed E-state index contributed by atoms with van der Waals surface area (Å²) < 4.78 is 0. The topological polar surface area (TPSA) is 82.6 Å². The minimum atomic E-state index is -0.828. The van der Waals surface area contributed by atoms with E-state index in [1.807, 2.05) is 6.92 Å². The summed E-state index contributed by atoms with van der Waals surface area (Å²) in [6.45, 7) is 8.87. The molecule has 8 heteroatoms. The molecule has 7 nitrogen and oxygen atoms in total. The number of likely N-dealkylation sites (N-methyl/N-ethyl adjacent to an activating group) is 1. The Morgan fingerprint density at radius 1 is 1.38 bits per heavy atom. The van der Waals surface area contributed by atoms with Crippen LogP contribution in [0.25, 0.3) is 0 Å². The number of rotatable bonds is 6. The number of carbonyl (C=O) groups excluding carboxylic acids is 3. The van der Waals surface area contributed by atoms with Gasteiger partial charge < -0.3 is 10.2 Å². The molecule has 1 saturated carbocycles. The van der Waals surface area contributed by atoms with E-state index in [9.17, 15) is 14.4 Å². The molecule has 29 heavy (non-hydrogen) atoms. The number of imide groups is 1. The third-order valence-electron chi connectivity index (χ3n) is 6.88. The molecule has 1 aliphatic carbocycles. The predicted molar refractivity (Wildman–Crippen MR) is 112 cm³/mol. The molecular formula is C21H32N4O3S. The SMILES string of the molecule is CCC(C)(C)C1CCC2(CC1)NC(=O)N(CC(=O)N(C)Cc1cnc(C)s1)C2=O. The number of urea groups is 1. The van der Waals surface area contributed by atoms with Crippen molar-refractivity contribution in [2.45, 2.75) is 71.9 Å². The van der Waals surface area contributed by atoms with E-state index in [0.717, 1.165) is 34.0 Å². The molecule has 160 valence electrons. The molecule has 2 fully saturated rings. The lowest BCUT2D eigenvalue weighted by Crippen LogP contribution is -2.51. The minimum Gasteiger partial charge on any atom is -0.339 e. The van der Waals surface area contributed by atoms with Crippen LogP contribution in [0.2, 0.25) is 0 Å². The molecule has 0 bridgehead atoms. The number of hydrogen-bond acceptors (Lipinski definition) is 5. The Labute approximate surface area is 176 Å². The van der Waals surface area contributed by atoms with Gasteiger partial charge >= 0.3 is 6.03 Å². The highest BCUT2D eigenvalue weighted by Gasteiger charge is 2.53. The van der Waals surface area contributed by atoms with Gasteiger partial charge in [-0.05, 0) is 43.9 Å². The van der Waals surface area contributed by atoms with Crippen molar-refractivity contribution in [3.05, 3.63) is 16.1 Å². The fourth-order valence-electron chi connectivity index (χ4n) is 4.40. The van der Waals surface area contributed by atoms with Gasteiger partial charge in [-0.2, -0.15) is 0 Å². The van der Waals surface area contributed by atoms with Gasteiger partial charge in [0.2, 0.25) is 5.91 Å². The van der Waals surface area contributed by atoms with Crippen molar-refractivity contribution in [2.75, 3.05) is 13.6 Å². The second-order valence-corrected chi connectivity index (χ2v) is 10.4. The van der Waals surface area contributed by atoms with E-state index in [4.69, 9.17) is 0 Å². The molecule has 0 atom stereocenters. The van der Waals surface area contributed by atoms with Gasteiger partial charge in [-0.15, -0.1) is 11.3 Å². The number of hydrogen-bond donors (Lipinski definition) is 1. The number of nitrogens with one attached hydrogen (secondary N) is 1. The predicted octanol–water partition coefficient (Wildman–Crippen LogP) is 3.33. The fraction of sp³-hybridized carbons (Fsp3) is 0.714. The summed E-state index contributed by atoms with van der Waals surface area (Å²) in [5.41, 5.74) is -0.592. The summed E-state index contributed by atoms with van der Waals surface area (Å²) in [4.78, 5) is 46.1. The number of aromatic nitrogens is 1. The number of amides is 4. The Kier molecular flexibility index (Phi) is 6.03. The quantitative estimate of drug-likeness (QED) is 0.716. The first-order valence-electron chi connectivity index (χ1n) is 10.4. The maximum absolute atomic E-state index is 13.1. The van der Waals surface area contributed by atoms with Crippen molar-refractivity contribution >= 4 is 29.2 Å². The molecule has 1 N–H and O–H groups in total. The van der Waals surface area contributed by atoms with Crippen LogP contribution in [0.3, 0.4) is 0 Å². The summed E-state index contributed by atoms with van der Waals surface area (Å²) in [6, 6.07) is -0.446. The van der Waals surface area contributed by atoms with E-state index < -0.39 is 11.6 Å². The highest BCUT2D eigenvalue weighted by Crippen LogP contribution is 2.45.